The van der Waals surface area contributed by atoms with Crippen LogP contribution in [0.3, 0.4) is 0 Å². The second kappa shape index (κ2) is 16.0. The van der Waals surface area contributed by atoms with Crippen LogP contribution < -0.4 is 4.90 Å². The first-order chi connectivity index (χ1) is 25.3. The zero-order chi connectivity index (χ0) is 36.1. The molecule has 0 saturated heterocycles. The van der Waals surface area contributed by atoms with E-state index in [0.29, 0.717) is 11.8 Å². The first kappa shape index (κ1) is 36.5. The molecule has 1 nitrogen and oxygen atoms in total. The van der Waals surface area contributed by atoms with Gasteiger partial charge in [-0.15, -0.1) is 0 Å². The van der Waals surface area contributed by atoms with Gasteiger partial charge in [0.2, 0.25) is 0 Å². The highest BCUT2D eigenvalue weighted by Crippen LogP contribution is 2.51. The van der Waals surface area contributed by atoms with Crippen molar-refractivity contribution in [3.05, 3.63) is 137 Å². The van der Waals surface area contributed by atoms with Crippen molar-refractivity contribution in [2.24, 2.45) is 5.92 Å². The Morgan fingerprint density at radius 1 is 0.615 bits per heavy atom. The summed E-state index contributed by atoms with van der Waals surface area (Å²) < 4.78 is 0. The molecule has 272 valence electrons. The number of anilines is 1. The van der Waals surface area contributed by atoms with Crippen molar-refractivity contribution in [2.75, 3.05) is 11.4 Å². The highest BCUT2D eigenvalue weighted by atomic mass is 15.2. The quantitative estimate of drug-likeness (QED) is 0.178. The van der Waals surface area contributed by atoms with E-state index >= 15 is 0 Å². The Hall–Kier alpha value is -3.84. The lowest BCUT2D eigenvalue weighted by molar-refractivity contribution is 0.522. The number of hydrogen-bond acceptors (Lipinski definition) is 1. The summed E-state index contributed by atoms with van der Waals surface area (Å²) in [5.41, 5.74) is 8.86. The van der Waals surface area contributed by atoms with E-state index < -0.39 is 0 Å². The van der Waals surface area contributed by atoms with Gasteiger partial charge in [0.25, 0.3) is 0 Å². The van der Waals surface area contributed by atoms with Crippen LogP contribution in [0.5, 0.6) is 0 Å². The molecule has 0 saturated carbocycles. The number of rotatable bonds is 0. The van der Waals surface area contributed by atoms with Crippen LogP contribution in [-0.4, -0.2) is 6.54 Å². The second-order valence-corrected chi connectivity index (χ2v) is 17.3. The summed E-state index contributed by atoms with van der Waals surface area (Å²) in [4.78, 5) is 2.66. The minimum Gasteiger partial charge on any atom is -0.344 e. The molecule has 2 unspecified atom stereocenters. The van der Waals surface area contributed by atoms with Gasteiger partial charge in [-0.25, -0.2) is 0 Å². The molecule has 0 aromatic heterocycles. The van der Waals surface area contributed by atoms with Crippen LogP contribution in [0.2, 0.25) is 0 Å². The zero-order valence-electron chi connectivity index (χ0n) is 32.9. The lowest BCUT2D eigenvalue weighted by Crippen LogP contribution is -2.27. The number of hydrogen-bond donors (Lipinski definition) is 0. The number of nitrogens with zero attached hydrogens (tertiary/aromatic N) is 1. The van der Waals surface area contributed by atoms with Gasteiger partial charge < -0.3 is 4.90 Å². The van der Waals surface area contributed by atoms with E-state index in [1.165, 1.54) is 115 Å². The predicted molar refractivity (Wildman–Crippen MR) is 228 cm³/mol. The van der Waals surface area contributed by atoms with Crippen molar-refractivity contribution in [2.45, 2.75) is 135 Å². The van der Waals surface area contributed by atoms with Gasteiger partial charge in [-0.1, -0.05) is 190 Å². The summed E-state index contributed by atoms with van der Waals surface area (Å²) in [7, 11) is 0. The third-order valence-corrected chi connectivity index (χ3v) is 12.8. The molecule has 2 bridgehead atoms. The Balaban J connectivity index is 1.18. The second-order valence-electron chi connectivity index (χ2n) is 17.3. The predicted octanol–water partition coefficient (Wildman–Crippen LogP) is 14.8. The van der Waals surface area contributed by atoms with E-state index in [-0.39, 0.29) is 10.8 Å². The lowest BCUT2D eigenvalue weighted by Gasteiger charge is -2.31. The molecule has 0 fully saturated rings. The van der Waals surface area contributed by atoms with Crippen molar-refractivity contribution in [3.63, 3.8) is 0 Å². The van der Waals surface area contributed by atoms with Gasteiger partial charge in [-0.05, 0) is 93.5 Å². The van der Waals surface area contributed by atoms with E-state index in [4.69, 9.17) is 0 Å². The van der Waals surface area contributed by atoms with Crippen LogP contribution in [0.25, 0.3) is 21.5 Å². The monoisotopic (exact) mass is 689 g/mol. The zero-order valence-corrected chi connectivity index (χ0v) is 32.9. The molecule has 7 rings (SSSR count). The van der Waals surface area contributed by atoms with Crippen LogP contribution in [0, 0.1) is 5.92 Å². The molecule has 0 N–H and O–H groups in total. The van der Waals surface area contributed by atoms with Gasteiger partial charge in [0.15, 0.2) is 0 Å². The first-order valence-corrected chi connectivity index (χ1v) is 20.8. The smallest absolute Gasteiger partial charge is 0.0457 e. The van der Waals surface area contributed by atoms with Gasteiger partial charge in [-0.3, -0.25) is 0 Å². The molecule has 4 aromatic rings. The molecule has 1 aliphatic carbocycles. The number of benzene rings is 4. The van der Waals surface area contributed by atoms with Crippen molar-refractivity contribution in [3.8, 4) is 0 Å². The molecule has 52 heavy (non-hydrogen) atoms. The fourth-order valence-electron chi connectivity index (χ4n) is 9.85. The number of fused-ring (bicyclic) bond motifs is 11. The summed E-state index contributed by atoms with van der Waals surface area (Å²) >= 11 is 0. The molecule has 0 amide bonds. The third kappa shape index (κ3) is 7.48. The van der Waals surface area contributed by atoms with Crippen molar-refractivity contribution in [1.29, 1.82) is 0 Å². The van der Waals surface area contributed by atoms with E-state index in [2.05, 4.69) is 149 Å². The Morgan fingerprint density at radius 2 is 1.23 bits per heavy atom. The molecule has 2 heterocycles. The lowest BCUT2D eigenvalue weighted by atomic mass is 9.73. The molecule has 1 heteroatoms. The fraction of sp³-hybridized carbons (Fsp3) is 0.451. The topological polar surface area (TPSA) is 3.24 Å². The van der Waals surface area contributed by atoms with Crippen molar-refractivity contribution < 1.29 is 0 Å². The van der Waals surface area contributed by atoms with E-state index in [1.54, 1.807) is 11.1 Å². The first-order valence-electron chi connectivity index (χ1n) is 20.8. The largest absolute Gasteiger partial charge is 0.344 e. The Kier molecular flexibility index (Phi) is 11.3. The molecule has 0 spiro atoms. The fourth-order valence-corrected chi connectivity index (χ4v) is 9.85. The van der Waals surface area contributed by atoms with Crippen molar-refractivity contribution >= 4 is 27.2 Å². The van der Waals surface area contributed by atoms with Crippen LogP contribution >= 0.6 is 0 Å². The molecular formula is C51H63N. The Labute approximate surface area is 315 Å². The third-order valence-electron chi connectivity index (χ3n) is 12.8. The average molecular weight is 690 g/mol. The summed E-state index contributed by atoms with van der Waals surface area (Å²) in [5, 5.41) is 5.55. The maximum atomic E-state index is 2.66. The SMILES string of the molecule is CC1/C=C/C=C2/N(CCCCCCCCCCCCC3CC=C(/C=C/C1)C(C)(C)c1c3ccc3ccccc13)c1ccc3ccccc3c1C2(C)C. The summed E-state index contributed by atoms with van der Waals surface area (Å²) in [6.45, 7) is 13.3. The maximum absolute atomic E-state index is 2.66. The molecule has 2 aliphatic heterocycles. The molecule has 0 radical (unpaired) electrons. The van der Waals surface area contributed by atoms with Gasteiger partial charge in [0.05, 0.1) is 0 Å². The van der Waals surface area contributed by atoms with Crippen LogP contribution in [0.1, 0.15) is 141 Å². The summed E-state index contributed by atoms with van der Waals surface area (Å²) in [5.74, 6) is 1.05. The molecular weight excluding hydrogens is 627 g/mol. The molecule has 4 aromatic carbocycles. The van der Waals surface area contributed by atoms with Gasteiger partial charge in [-0.2, -0.15) is 0 Å². The van der Waals surface area contributed by atoms with E-state index in [1.807, 2.05) is 0 Å². The summed E-state index contributed by atoms with van der Waals surface area (Å²) in [6, 6.07) is 27.6. The minimum atomic E-state index is -0.0523. The Bertz CT molecular complexity index is 1980. The minimum absolute atomic E-state index is 0.0490. The highest BCUT2D eigenvalue weighted by molar-refractivity contribution is 5.95. The highest BCUT2D eigenvalue weighted by Gasteiger charge is 2.41. The average Bonchev–Trinajstić information content (AvgIpc) is 3.29. The number of allylic oxidation sites excluding steroid dienone is 8. The molecule has 2 atom stereocenters. The summed E-state index contributed by atoms with van der Waals surface area (Å²) in [6.07, 6.45) is 31.8. The van der Waals surface area contributed by atoms with E-state index in [9.17, 15) is 0 Å². The van der Waals surface area contributed by atoms with Crippen LogP contribution in [0.15, 0.2) is 121 Å². The van der Waals surface area contributed by atoms with Gasteiger partial charge >= 0.3 is 0 Å². The Morgan fingerprint density at radius 3 is 1.94 bits per heavy atom. The molecule has 3 aliphatic rings. The van der Waals surface area contributed by atoms with Gasteiger partial charge in [0.1, 0.15) is 0 Å². The van der Waals surface area contributed by atoms with E-state index in [0.717, 1.165) is 19.4 Å². The van der Waals surface area contributed by atoms with Crippen LogP contribution in [0.4, 0.5) is 5.69 Å². The maximum Gasteiger partial charge on any atom is 0.0457 e. The normalized spacial score (nSPS) is 25.4. The van der Waals surface area contributed by atoms with Crippen LogP contribution in [-0.2, 0) is 10.8 Å². The van der Waals surface area contributed by atoms with Gasteiger partial charge in [0, 0.05) is 28.8 Å². The van der Waals surface area contributed by atoms with Crippen molar-refractivity contribution in [1.82, 2.24) is 0 Å². The standard InChI is InChI=1S/C51H63N/c1-38-22-20-27-42-34-31-39(45-35-32-40-25-15-17-28-43(40)48(45)50(42,2)3)24-14-12-10-8-6-7-9-11-13-19-37-52-46-36-33-41-26-16-18-29-44(41)49(46)51(4,5)47(52)30-21-23-38/h15-18,20-21,23,25-30,32-36,38-39H,6-14,19,22,24,31,37H2,1-5H3/b23-21+,27-20+,47-30+.